The first-order chi connectivity index (χ1) is 19.5. The Morgan fingerprint density at radius 2 is 1.45 bits per heavy atom. The number of rotatable bonds is 8. The van der Waals surface area contributed by atoms with Crippen molar-refractivity contribution in [3.8, 4) is 5.75 Å². The van der Waals surface area contributed by atoms with Crippen LogP contribution < -0.4 is 4.74 Å². The van der Waals surface area contributed by atoms with Crippen molar-refractivity contribution in [2.45, 2.75) is 97.7 Å². The summed E-state index contributed by atoms with van der Waals surface area (Å²) in [5, 5.41) is -4.45. The fourth-order valence-electron chi connectivity index (χ4n) is 4.80. The highest BCUT2D eigenvalue weighted by molar-refractivity contribution is 7.97. The van der Waals surface area contributed by atoms with Gasteiger partial charge in [-0.05, 0) is 105 Å². The van der Waals surface area contributed by atoms with E-state index in [1.54, 1.807) is 12.1 Å². The van der Waals surface area contributed by atoms with Crippen molar-refractivity contribution in [3.05, 3.63) is 83.9 Å². The highest BCUT2D eigenvalue weighted by Crippen LogP contribution is 2.37. The SMILES string of the molecule is CC1CCCOC(C)(c2ccc([S+](c3ccc(OC(C)C(F)(F)S(=O)(=O)O)cc3)c3ccc(C(C)(C)C)cc3)cc2)O1. The monoisotopic (exact) mass is 621 g/mol. The Bertz CT molecular complexity index is 1450. The van der Waals surface area contributed by atoms with Gasteiger partial charge in [0.05, 0.1) is 23.6 Å². The van der Waals surface area contributed by atoms with Gasteiger partial charge in [0.2, 0.25) is 0 Å². The lowest BCUT2D eigenvalue weighted by atomic mass is 9.87. The standard InChI is InChI=1S/C32H38F2O6S2/c1-22-8-7-21-38-31(6,40-22)25-11-17-28(18-12-25)41(27-15-9-24(10-16-27)30(3,4)5)29-19-13-26(14-20-29)39-23(2)32(33,34)42(35,36)37/h9-20,22-23H,7-8,21H2,1-6H3/p+1. The molecule has 1 aliphatic rings. The molecule has 1 N–H and O–H groups in total. The molecule has 4 atom stereocenters. The molecule has 1 aliphatic heterocycles. The van der Waals surface area contributed by atoms with E-state index in [0.29, 0.717) is 6.61 Å². The minimum Gasteiger partial charge on any atom is -0.483 e. The van der Waals surface area contributed by atoms with Gasteiger partial charge in [0, 0.05) is 5.56 Å². The topological polar surface area (TPSA) is 82.1 Å². The maximum Gasteiger partial charge on any atom is 0.405 e. The van der Waals surface area contributed by atoms with Crippen LogP contribution in [0, 0.1) is 0 Å². The van der Waals surface area contributed by atoms with Crippen molar-refractivity contribution in [2.24, 2.45) is 0 Å². The summed E-state index contributed by atoms with van der Waals surface area (Å²) in [7, 11) is -6.19. The van der Waals surface area contributed by atoms with Crippen LogP contribution in [-0.2, 0) is 41.7 Å². The Labute approximate surface area is 250 Å². The Kier molecular flexibility index (Phi) is 9.45. The molecule has 4 rings (SSSR count). The van der Waals surface area contributed by atoms with E-state index < -0.39 is 38.2 Å². The van der Waals surface area contributed by atoms with E-state index in [4.69, 9.17) is 18.8 Å². The normalized spacial score (nSPS) is 21.8. The molecule has 0 amide bonds. The molecule has 0 saturated carbocycles. The fraction of sp³-hybridized carbons (Fsp3) is 0.438. The zero-order valence-corrected chi connectivity index (χ0v) is 26.4. The van der Waals surface area contributed by atoms with Gasteiger partial charge < -0.3 is 14.2 Å². The molecule has 4 unspecified atom stereocenters. The van der Waals surface area contributed by atoms with E-state index in [1.807, 2.05) is 19.1 Å². The second-order valence-corrected chi connectivity index (χ2v) is 15.3. The van der Waals surface area contributed by atoms with Crippen LogP contribution in [0.1, 0.15) is 65.5 Å². The van der Waals surface area contributed by atoms with E-state index in [9.17, 15) is 17.2 Å². The van der Waals surface area contributed by atoms with Crippen LogP contribution in [0.25, 0.3) is 0 Å². The third kappa shape index (κ3) is 7.17. The number of ether oxygens (including phenoxy) is 3. The number of hydrogen-bond donors (Lipinski definition) is 1. The van der Waals surface area contributed by atoms with Crippen LogP contribution in [0.4, 0.5) is 8.78 Å². The number of hydrogen-bond acceptors (Lipinski definition) is 5. The number of halogens is 2. The molecule has 3 aromatic rings. The first-order valence-electron chi connectivity index (χ1n) is 13.9. The summed E-state index contributed by atoms with van der Waals surface area (Å²) in [4.78, 5) is 3.01. The maximum atomic E-state index is 14.0. The van der Waals surface area contributed by atoms with Gasteiger partial charge in [-0.1, -0.05) is 32.9 Å². The molecule has 1 heterocycles. The minimum atomic E-state index is -5.63. The average Bonchev–Trinajstić information content (AvgIpc) is 3.09. The van der Waals surface area contributed by atoms with Crippen molar-refractivity contribution in [1.29, 1.82) is 0 Å². The van der Waals surface area contributed by atoms with E-state index >= 15 is 0 Å². The average molecular weight is 622 g/mol. The summed E-state index contributed by atoms with van der Waals surface area (Å²) in [5.41, 5.74) is 2.11. The molecule has 1 saturated heterocycles. The van der Waals surface area contributed by atoms with Crippen molar-refractivity contribution >= 4 is 21.0 Å². The van der Waals surface area contributed by atoms with Crippen molar-refractivity contribution in [3.63, 3.8) is 0 Å². The third-order valence-corrected chi connectivity index (χ3v) is 10.6. The molecule has 1 fully saturated rings. The molecule has 10 heteroatoms. The van der Waals surface area contributed by atoms with Crippen molar-refractivity contribution in [1.82, 2.24) is 0 Å². The van der Waals surface area contributed by atoms with Crippen LogP contribution in [0.15, 0.2) is 87.5 Å². The lowest BCUT2D eigenvalue weighted by Gasteiger charge is -2.30. The second kappa shape index (κ2) is 12.2. The molecule has 6 nitrogen and oxygen atoms in total. The van der Waals surface area contributed by atoms with E-state index in [2.05, 4.69) is 64.1 Å². The summed E-state index contributed by atoms with van der Waals surface area (Å²) in [6.07, 6.45) is -0.136. The zero-order chi connectivity index (χ0) is 30.9. The van der Waals surface area contributed by atoms with Crippen LogP contribution in [0.5, 0.6) is 5.75 Å². The third-order valence-electron chi connectivity index (χ3n) is 7.32. The van der Waals surface area contributed by atoms with E-state index in [0.717, 1.165) is 40.0 Å². The molecule has 0 spiro atoms. The van der Waals surface area contributed by atoms with Gasteiger partial charge in [0.25, 0.3) is 0 Å². The first-order valence-corrected chi connectivity index (χ1v) is 16.6. The molecule has 0 bridgehead atoms. The quantitative estimate of drug-likeness (QED) is 0.205. The highest BCUT2D eigenvalue weighted by atomic mass is 32.2. The molecule has 0 radical (unpaired) electrons. The smallest absolute Gasteiger partial charge is 0.405 e. The number of alkyl halides is 2. The van der Waals surface area contributed by atoms with E-state index in [-0.39, 0.29) is 17.3 Å². The maximum absolute atomic E-state index is 14.0. The number of benzene rings is 3. The second-order valence-electron chi connectivity index (χ2n) is 11.7. The summed E-state index contributed by atoms with van der Waals surface area (Å²) in [6, 6.07) is 23.2. The van der Waals surface area contributed by atoms with E-state index in [1.165, 1.54) is 17.7 Å². The van der Waals surface area contributed by atoms with Crippen LogP contribution in [0.3, 0.4) is 0 Å². The van der Waals surface area contributed by atoms with Gasteiger partial charge in [-0.3, -0.25) is 4.55 Å². The Morgan fingerprint density at radius 1 is 0.952 bits per heavy atom. The molecule has 0 aliphatic carbocycles. The molecule has 42 heavy (non-hydrogen) atoms. The highest BCUT2D eigenvalue weighted by Gasteiger charge is 2.51. The summed E-state index contributed by atoms with van der Waals surface area (Å²) >= 11 is 0. The molecule has 0 aromatic heterocycles. The molecular formula is C32H39F2O6S2+. The molecule has 228 valence electrons. The van der Waals surface area contributed by atoms with Crippen LogP contribution >= 0.6 is 0 Å². The Balaban J connectivity index is 1.68. The summed E-state index contributed by atoms with van der Waals surface area (Å²) < 4.78 is 76.8. The molecule has 3 aromatic carbocycles. The van der Waals surface area contributed by atoms with Gasteiger partial charge in [-0.2, -0.15) is 17.2 Å². The van der Waals surface area contributed by atoms with Gasteiger partial charge in [0.15, 0.2) is 26.6 Å². The Morgan fingerprint density at radius 3 is 1.95 bits per heavy atom. The molecular weight excluding hydrogens is 582 g/mol. The summed E-state index contributed by atoms with van der Waals surface area (Å²) in [6.45, 7) is 12.0. The predicted octanol–water partition coefficient (Wildman–Crippen LogP) is 7.72. The Hall–Kier alpha value is -2.50. The lowest BCUT2D eigenvalue weighted by Crippen LogP contribution is -2.42. The zero-order valence-electron chi connectivity index (χ0n) is 24.8. The minimum absolute atomic E-state index is 0.0100. The predicted molar refractivity (Wildman–Crippen MR) is 160 cm³/mol. The van der Waals surface area contributed by atoms with Crippen molar-refractivity contribution in [2.75, 3.05) is 6.61 Å². The van der Waals surface area contributed by atoms with Gasteiger partial charge in [-0.15, -0.1) is 0 Å². The first kappa shape index (κ1) is 32.4. The largest absolute Gasteiger partial charge is 0.483 e. The van der Waals surface area contributed by atoms with Gasteiger partial charge in [0.1, 0.15) is 5.75 Å². The summed E-state index contributed by atoms with van der Waals surface area (Å²) in [5.74, 6) is -0.789. The van der Waals surface area contributed by atoms with Crippen LogP contribution in [-0.4, -0.2) is 37.0 Å². The lowest BCUT2D eigenvalue weighted by molar-refractivity contribution is -0.240. The van der Waals surface area contributed by atoms with Gasteiger partial charge >= 0.3 is 15.4 Å². The van der Waals surface area contributed by atoms with Crippen molar-refractivity contribution < 1.29 is 36.0 Å². The fourth-order valence-corrected chi connectivity index (χ4v) is 7.30. The van der Waals surface area contributed by atoms with Gasteiger partial charge in [-0.25, -0.2) is 0 Å². The van der Waals surface area contributed by atoms with Crippen LogP contribution in [0.2, 0.25) is 0 Å².